The van der Waals surface area contributed by atoms with E-state index >= 15 is 0 Å². The number of carbonyl (C=O) groups is 1. The Morgan fingerprint density at radius 2 is 2.29 bits per heavy atom. The van der Waals surface area contributed by atoms with Crippen LogP contribution in [0, 0.1) is 6.92 Å². The summed E-state index contributed by atoms with van der Waals surface area (Å²) in [6.07, 6.45) is 3.09. The van der Waals surface area contributed by atoms with E-state index in [2.05, 4.69) is 32.0 Å². The Morgan fingerprint density at radius 1 is 1.50 bits per heavy atom. The van der Waals surface area contributed by atoms with Crippen molar-refractivity contribution in [3.05, 3.63) is 29.3 Å². The minimum Gasteiger partial charge on any atom is -0.312 e. The maximum absolute atomic E-state index is 10.9. The van der Waals surface area contributed by atoms with E-state index in [-0.39, 0.29) is 0 Å². The van der Waals surface area contributed by atoms with E-state index in [1.807, 2.05) is 4.90 Å². The molecule has 0 N–H and O–H groups in total. The number of aryl methyl sites for hydroxylation is 2. The standard InChI is InChI=1S/C12H15NO/c1-9-3-6-12-11(7-9)5-4-10(2)13(12)8-14/h3,6-8,10H,4-5H2,1-2H3. The van der Waals surface area contributed by atoms with Crippen LogP contribution in [0.3, 0.4) is 0 Å². The van der Waals surface area contributed by atoms with E-state index in [4.69, 9.17) is 0 Å². The SMILES string of the molecule is Cc1ccc2c(c1)CCC(C)N2C=O. The van der Waals surface area contributed by atoms with E-state index in [0.717, 1.165) is 24.9 Å². The summed E-state index contributed by atoms with van der Waals surface area (Å²) >= 11 is 0. The quantitative estimate of drug-likeness (QED) is 0.621. The molecule has 1 heterocycles. The van der Waals surface area contributed by atoms with Gasteiger partial charge in [0.1, 0.15) is 0 Å². The molecule has 2 nitrogen and oxygen atoms in total. The molecule has 2 rings (SSSR count). The Labute approximate surface area is 84.5 Å². The van der Waals surface area contributed by atoms with Gasteiger partial charge in [-0.25, -0.2) is 0 Å². The van der Waals surface area contributed by atoms with Crippen molar-refractivity contribution in [2.75, 3.05) is 4.90 Å². The fraction of sp³-hybridized carbons (Fsp3) is 0.417. The number of carbonyl (C=O) groups excluding carboxylic acids is 1. The molecule has 14 heavy (non-hydrogen) atoms. The molecule has 1 amide bonds. The molecule has 1 unspecified atom stereocenters. The summed E-state index contributed by atoms with van der Waals surface area (Å²) in [5, 5.41) is 0. The summed E-state index contributed by atoms with van der Waals surface area (Å²) < 4.78 is 0. The number of nitrogens with zero attached hydrogens (tertiary/aromatic N) is 1. The van der Waals surface area contributed by atoms with Gasteiger partial charge in [0.25, 0.3) is 0 Å². The van der Waals surface area contributed by atoms with E-state index in [0.29, 0.717) is 6.04 Å². The maximum atomic E-state index is 10.9. The number of hydrogen-bond acceptors (Lipinski definition) is 1. The third-order valence-corrected chi connectivity index (χ3v) is 2.93. The largest absolute Gasteiger partial charge is 0.312 e. The second kappa shape index (κ2) is 3.45. The summed E-state index contributed by atoms with van der Waals surface area (Å²) in [4.78, 5) is 12.8. The summed E-state index contributed by atoms with van der Waals surface area (Å²) in [5.41, 5.74) is 3.66. The van der Waals surface area contributed by atoms with Crippen LogP contribution in [-0.2, 0) is 11.2 Å². The fourth-order valence-corrected chi connectivity index (χ4v) is 2.07. The van der Waals surface area contributed by atoms with Crippen molar-refractivity contribution in [2.45, 2.75) is 32.7 Å². The molecule has 0 bridgehead atoms. The zero-order chi connectivity index (χ0) is 10.1. The lowest BCUT2D eigenvalue weighted by molar-refractivity contribution is -0.107. The van der Waals surface area contributed by atoms with Crippen molar-refractivity contribution < 1.29 is 4.79 Å². The van der Waals surface area contributed by atoms with E-state index in [1.165, 1.54) is 11.1 Å². The molecule has 0 aliphatic carbocycles. The number of amides is 1. The van der Waals surface area contributed by atoms with Gasteiger partial charge in [0.2, 0.25) is 6.41 Å². The first-order chi connectivity index (χ1) is 6.72. The van der Waals surface area contributed by atoms with Crippen molar-refractivity contribution in [1.29, 1.82) is 0 Å². The molecule has 0 fully saturated rings. The molecule has 1 aliphatic heterocycles. The molecular formula is C12H15NO. The van der Waals surface area contributed by atoms with Crippen molar-refractivity contribution >= 4 is 12.1 Å². The first-order valence-electron chi connectivity index (χ1n) is 5.05. The van der Waals surface area contributed by atoms with Gasteiger partial charge >= 0.3 is 0 Å². The highest BCUT2D eigenvalue weighted by Crippen LogP contribution is 2.29. The fourth-order valence-electron chi connectivity index (χ4n) is 2.07. The molecule has 0 aromatic heterocycles. The minimum absolute atomic E-state index is 0.336. The van der Waals surface area contributed by atoms with Gasteiger partial charge in [-0.05, 0) is 38.3 Å². The molecule has 2 heteroatoms. The first-order valence-corrected chi connectivity index (χ1v) is 5.05. The minimum atomic E-state index is 0.336. The van der Waals surface area contributed by atoms with Crippen LogP contribution in [-0.4, -0.2) is 12.5 Å². The van der Waals surface area contributed by atoms with Crippen LogP contribution in [0.2, 0.25) is 0 Å². The van der Waals surface area contributed by atoms with E-state index in [9.17, 15) is 4.79 Å². The molecule has 1 aliphatic rings. The Kier molecular flexibility index (Phi) is 2.28. The van der Waals surface area contributed by atoms with Gasteiger partial charge in [-0.1, -0.05) is 17.7 Å². The molecule has 0 saturated carbocycles. The highest BCUT2D eigenvalue weighted by Gasteiger charge is 2.21. The van der Waals surface area contributed by atoms with Gasteiger partial charge in [-0.3, -0.25) is 4.79 Å². The van der Waals surface area contributed by atoms with Gasteiger partial charge in [0.05, 0.1) is 0 Å². The van der Waals surface area contributed by atoms with Crippen molar-refractivity contribution in [3.8, 4) is 0 Å². The Bertz CT molecular complexity index is 359. The van der Waals surface area contributed by atoms with Crippen LogP contribution in [0.1, 0.15) is 24.5 Å². The Morgan fingerprint density at radius 3 is 3.00 bits per heavy atom. The summed E-state index contributed by atoms with van der Waals surface area (Å²) in [6.45, 7) is 4.18. The van der Waals surface area contributed by atoms with Crippen LogP contribution in [0.25, 0.3) is 0 Å². The molecule has 1 aromatic carbocycles. The van der Waals surface area contributed by atoms with Crippen LogP contribution < -0.4 is 4.90 Å². The number of fused-ring (bicyclic) bond motifs is 1. The van der Waals surface area contributed by atoms with Gasteiger partial charge in [-0.15, -0.1) is 0 Å². The number of rotatable bonds is 1. The number of anilines is 1. The highest BCUT2D eigenvalue weighted by molar-refractivity contribution is 5.79. The van der Waals surface area contributed by atoms with Gasteiger partial charge in [0, 0.05) is 11.7 Å². The van der Waals surface area contributed by atoms with Crippen LogP contribution in [0.4, 0.5) is 5.69 Å². The van der Waals surface area contributed by atoms with Crippen molar-refractivity contribution in [3.63, 3.8) is 0 Å². The molecule has 0 radical (unpaired) electrons. The smallest absolute Gasteiger partial charge is 0.214 e. The predicted molar refractivity (Wildman–Crippen MR) is 57.5 cm³/mol. The first kappa shape index (κ1) is 9.25. The van der Waals surface area contributed by atoms with Crippen LogP contribution >= 0.6 is 0 Å². The second-order valence-corrected chi connectivity index (χ2v) is 4.03. The Hall–Kier alpha value is -1.31. The molecule has 0 spiro atoms. The summed E-state index contributed by atoms with van der Waals surface area (Å²) in [7, 11) is 0. The maximum Gasteiger partial charge on any atom is 0.214 e. The lowest BCUT2D eigenvalue weighted by atomic mass is 9.96. The van der Waals surface area contributed by atoms with Gasteiger partial charge in [-0.2, -0.15) is 0 Å². The van der Waals surface area contributed by atoms with Gasteiger partial charge in [0.15, 0.2) is 0 Å². The molecule has 74 valence electrons. The van der Waals surface area contributed by atoms with Crippen LogP contribution in [0.5, 0.6) is 0 Å². The topological polar surface area (TPSA) is 20.3 Å². The van der Waals surface area contributed by atoms with Crippen molar-refractivity contribution in [2.24, 2.45) is 0 Å². The molecule has 1 aromatic rings. The molecule has 1 atom stereocenters. The summed E-state index contributed by atoms with van der Waals surface area (Å²) in [5.74, 6) is 0. The highest BCUT2D eigenvalue weighted by atomic mass is 16.1. The molecule has 0 saturated heterocycles. The van der Waals surface area contributed by atoms with Crippen molar-refractivity contribution in [1.82, 2.24) is 0 Å². The molecular weight excluding hydrogens is 174 g/mol. The number of hydrogen-bond donors (Lipinski definition) is 0. The second-order valence-electron chi connectivity index (χ2n) is 4.03. The predicted octanol–water partition coefficient (Wildman–Crippen LogP) is 2.29. The zero-order valence-corrected chi connectivity index (χ0v) is 8.66. The lowest BCUT2D eigenvalue weighted by Gasteiger charge is -2.32. The summed E-state index contributed by atoms with van der Waals surface area (Å²) in [6, 6.07) is 6.63. The van der Waals surface area contributed by atoms with Gasteiger partial charge < -0.3 is 4.90 Å². The van der Waals surface area contributed by atoms with E-state index < -0.39 is 0 Å². The Balaban J connectivity index is 2.46. The number of benzene rings is 1. The van der Waals surface area contributed by atoms with Crippen LogP contribution in [0.15, 0.2) is 18.2 Å². The average molecular weight is 189 g/mol. The zero-order valence-electron chi connectivity index (χ0n) is 8.66. The van der Waals surface area contributed by atoms with E-state index in [1.54, 1.807) is 0 Å². The monoisotopic (exact) mass is 189 g/mol. The lowest BCUT2D eigenvalue weighted by Crippen LogP contribution is -2.35. The normalized spacial score (nSPS) is 20.4. The average Bonchev–Trinajstić information content (AvgIpc) is 2.18. The third kappa shape index (κ3) is 1.41. The third-order valence-electron chi connectivity index (χ3n) is 2.93.